The second kappa shape index (κ2) is 8.15. The van der Waals surface area contributed by atoms with Gasteiger partial charge >= 0.3 is 0 Å². The first-order valence-corrected chi connectivity index (χ1v) is 9.66. The van der Waals surface area contributed by atoms with E-state index in [0.717, 1.165) is 39.0 Å². The molecule has 0 radical (unpaired) electrons. The van der Waals surface area contributed by atoms with Crippen molar-refractivity contribution in [2.24, 2.45) is 5.10 Å². The fourth-order valence-electron chi connectivity index (χ4n) is 3.73. The topological polar surface area (TPSA) is 46.4 Å². The second-order valence-corrected chi connectivity index (χ2v) is 7.11. The number of hydrazone groups is 1. The van der Waals surface area contributed by atoms with E-state index in [2.05, 4.69) is 59.3 Å². The van der Waals surface area contributed by atoms with Gasteiger partial charge in [0.05, 0.1) is 12.6 Å². The molecule has 0 aliphatic rings. The van der Waals surface area contributed by atoms with Crippen LogP contribution in [0.25, 0.3) is 16.5 Å². The van der Waals surface area contributed by atoms with Gasteiger partial charge in [0.25, 0.3) is 0 Å². The van der Waals surface area contributed by atoms with Gasteiger partial charge in [-0.05, 0) is 48.4 Å². The Balaban J connectivity index is 1.47. The standard InChI is InChI=1S/C25H23N3O/c1-18-15-22(19(2)28(18)23-12-4-3-5-13-23)17-26-27-25(29)16-21-11-8-10-20-9-6-7-14-24(20)21/h3-15,17H,16H2,1-2H3,(H,27,29)/b26-17-. The number of carbonyl (C=O) groups is 1. The maximum Gasteiger partial charge on any atom is 0.244 e. The normalized spacial score (nSPS) is 11.2. The van der Waals surface area contributed by atoms with Gasteiger partial charge in [0.1, 0.15) is 0 Å². The lowest BCUT2D eigenvalue weighted by Crippen LogP contribution is -2.19. The molecule has 1 heterocycles. The minimum absolute atomic E-state index is 0.130. The number of rotatable bonds is 5. The third-order valence-electron chi connectivity index (χ3n) is 5.11. The number of para-hydroxylation sites is 1. The van der Waals surface area contributed by atoms with Crippen LogP contribution in [0.1, 0.15) is 22.5 Å². The summed E-state index contributed by atoms with van der Waals surface area (Å²) in [6.07, 6.45) is 2.00. The van der Waals surface area contributed by atoms with Crippen LogP contribution in [0.2, 0.25) is 0 Å². The van der Waals surface area contributed by atoms with E-state index in [-0.39, 0.29) is 5.91 Å². The largest absolute Gasteiger partial charge is 0.318 e. The molecule has 0 saturated carbocycles. The van der Waals surface area contributed by atoms with E-state index < -0.39 is 0 Å². The molecule has 3 aromatic carbocycles. The molecule has 0 atom stereocenters. The highest BCUT2D eigenvalue weighted by Gasteiger charge is 2.09. The predicted molar refractivity (Wildman–Crippen MR) is 119 cm³/mol. The molecule has 0 spiro atoms. The van der Waals surface area contributed by atoms with Crippen molar-refractivity contribution in [3.05, 3.63) is 101 Å². The van der Waals surface area contributed by atoms with Gasteiger partial charge < -0.3 is 4.57 Å². The average molecular weight is 381 g/mol. The maximum absolute atomic E-state index is 12.4. The van der Waals surface area contributed by atoms with Gasteiger partial charge in [-0.3, -0.25) is 4.79 Å². The summed E-state index contributed by atoms with van der Waals surface area (Å²) in [4.78, 5) is 12.4. The van der Waals surface area contributed by atoms with Gasteiger partial charge in [0, 0.05) is 22.6 Å². The number of aryl methyl sites for hydroxylation is 1. The van der Waals surface area contributed by atoms with Crippen molar-refractivity contribution < 1.29 is 4.79 Å². The van der Waals surface area contributed by atoms with Gasteiger partial charge in [-0.2, -0.15) is 5.10 Å². The number of benzene rings is 3. The molecule has 29 heavy (non-hydrogen) atoms. The van der Waals surface area contributed by atoms with Crippen LogP contribution in [0.3, 0.4) is 0 Å². The Morgan fingerprint density at radius 1 is 0.966 bits per heavy atom. The van der Waals surface area contributed by atoms with E-state index in [9.17, 15) is 4.79 Å². The highest BCUT2D eigenvalue weighted by Crippen LogP contribution is 2.20. The Hall–Kier alpha value is -3.66. The fourth-order valence-corrected chi connectivity index (χ4v) is 3.73. The zero-order chi connectivity index (χ0) is 20.2. The van der Waals surface area contributed by atoms with Crippen molar-refractivity contribution in [1.29, 1.82) is 0 Å². The van der Waals surface area contributed by atoms with Gasteiger partial charge in [-0.1, -0.05) is 60.7 Å². The highest BCUT2D eigenvalue weighted by molar-refractivity contribution is 5.90. The van der Waals surface area contributed by atoms with Gasteiger partial charge in [0.15, 0.2) is 0 Å². The summed E-state index contributed by atoms with van der Waals surface area (Å²) in [6.45, 7) is 4.12. The van der Waals surface area contributed by atoms with Crippen molar-refractivity contribution in [2.45, 2.75) is 20.3 Å². The van der Waals surface area contributed by atoms with Crippen LogP contribution in [-0.2, 0) is 11.2 Å². The van der Waals surface area contributed by atoms with Crippen LogP contribution in [0.4, 0.5) is 0 Å². The van der Waals surface area contributed by atoms with Gasteiger partial charge in [-0.25, -0.2) is 5.43 Å². The molecule has 4 rings (SSSR count). The van der Waals surface area contributed by atoms with Crippen LogP contribution in [-0.4, -0.2) is 16.7 Å². The Labute approximate surface area is 170 Å². The Kier molecular flexibility index (Phi) is 5.25. The number of aromatic nitrogens is 1. The highest BCUT2D eigenvalue weighted by atomic mass is 16.2. The van der Waals surface area contributed by atoms with E-state index in [1.807, 2.05) is 48.5 Å². The number of fused-ring (bicyclic) bond motifs is 1. The minimum Gasteiger partial charge on any atom is -0.318 e. The molecule has 0 aliphatic carbocycles. The molecule has 4 heteroatoms. The summed E-state index contributed by atoms with van der Waals surface area (Å²) in [6, 6.07) is 26.4. The van der Waals surface area contributed by atoms with Crippen LogP contribution in [0.5, 0.6) is 0 Å². The van der Waals surface area contributed by atoms with Crippen molar-refractivity contribution in [3.63, 3.8) is 0 Å². The first-order valence-electron chi connectivity index (χ1n) is 9.66. The van der Waals surface area contributed by atoms with E-state index in [1.165, 1.54) is 0 Å². The molecule has 1 aromatic heterocycles. The minimum atomic E-state index is -0.130. The number of hydrogen-bond acceptors (Lipinski definition) is 2. The van der Waals surface area contributed by atoms with Gasteiger partial charge in [0.2, 0.25) is 5.91 Å². The quantitative estimate of drug-likeness (QED) is 0.386. The zero-order valence-corrected chi connectivity index (χ0v) is 16.6. The van der Waals surface area contributed by atoms with Crippen LogP contribution in [0, 0.1) is 13.8 Å². The van der Waals surface area contributed by atoms with Gasteiger partial charge in [-0.15, -0.1) is 0 Å². The Bertz CT molecular complexity index is 1180. The number of hydrogen-bond donors (Lipinski definition) is 1. The molecular formula is C25H23N3O. The number of nitrogens with one attached hydrogen (secondary N) is 1. The molecule has 0 saturated heterocycles. The molecule has 0 fully saturated rings. The van der Waals surface area contributed by atoms with Crippen LogP contribution >= 0.6 is 0 Å². The van der Waals surface area contributed by atoms with E-state index in [0.29, 0.717) is 6.42 Å². The molecule has 0 unspecified atom stereocenters. The first kappa shape index (κ1) is 18.7. The summed E-state index contributed by atoms with van der Waals surface area (Å²) < 4.78 is 2.18. The molecule has 4 nitrogen and oxygen atoms in total. The molecule has 0 aliphatic heterocycles. The third kappa shape index (κ3) is 3.97. The summed E-state index contributed by atoms with van der Waals surface area (Å²) in [7, 11) is 0. The molecule has 1 N–H and O–H groups in total. The Morgan fingerprint density at radius 2 is 1.69 bits per heavy atom. The third-order valence-corrected chi connectivity index (χ3v) is 5.11. The monoisotopic (exact) mass is 381 g/mol. The zero-order valence-electron chi connectivity index (χ0n) is 16.6. The fraction of sp³-hybridized carbons (Fsp3) is 0.120. The van der Waals surface area contributed by atoms with Crippen molar-refractivity contribution in [2.75, 3.05) is 0 Å². The number of carbonyl (C=O) groups excluding carboxylic acids is 1. The first-order chi connectivity index (χ1) is 14.1. The summed E-state index contributed by atoms with van der Waals surface area (Å²) in [5, 5.41) is 6.42. The number of nitrogens with zero attached hydrogens (tertiary/aromatic N) is 2. The second-order valence-electron chi connectivity index (χ2n) is 7.11. The average Bonchev–Trinajstić information content (AvgIpc) is 3.02. The molecule has 1 amide bonds. The van der Waals surface area contributed by atoms with E-state index >= 15 is 0 Å². The predicted octanol–water partition coefficient (Wildman–Crippen LogP) is 4.94. The smallest absolute Gasteiger partial charge is 0.244 e. The lowest BCUT2D eigenvalue weighted by atomic mass is 10.0. The number of amides is 1. The summed E-state index contributed by atoms with van der Waals surface area (Å²) >= 11 is 0. The van der Waals surface area contributed by atoms with Crippen LogP contribution in [0.15, 0.2) is 84.0 Å². The molecule has 0 bridgehead atoms. The Morgan fingerprint density at radius 3 is 2.52 bits per heavy atom. The molecule has 144 valence electrons. The maximum atomic E-state index is 12.4. The van der Waals surface area contributed by atoms with Crippen molar-refractivity contribution >= 4 is 22.9 Å². The molecular weight excluding hydrogens is 358 g/mol. The van der Waals surface area contributed by atoms with Crippen molar-refractivity contribution in [3.8, 4) is 5.69 Å². The summed E-state index contributed by atoms with van der Waals surface area (Å²) in [5.74, 6) is -0.130. The van der Waals surface area contributed by atoms with Crippen molar-refractivity contribution in [1.82, 2.24) is 9.99 Å². The SMILES string of the molecule is Cc1cc(/C=N\NC(=O)Cc2cccc3ccccc23)c(C)n1-c1ccccc1. The van der Waals surface area contributed by atoms with E-state index in [1.54, 1.807) is 6.21 Å². The van der Waals surface area contributed by atoms with Crippen LogP contribution < -0.4 is 5.43 Å². The lowest BCUT2D eigenvalue weighted by molar-refractivity contribution is -0.120. The van der Waals surface area contributed by atoms with E-state index in [4.69, 9.17) is 0 Å². The lowest BCUT2D eigenvalue weighted by Gasteiger charge is -2.09. The summed E-state index contributed by atoms with van der Waals surface area (Å²) in [5.41, 5.74) is 7.96. The molecule has 4 aromatic rings.